The molecule has 1 atom stereocenters. The molecule has 2 aromatic heterocycles. The number of fused-ring (bicyclic) bond motifs is 2. The summed E-state index contributed by atoms with van der Waals surface area (Å²) in [6.07, 6.45) is 5.19. The molecule has 0 saturated carbocycles. The van der Waals surface area contributed by atoms with Gasteiger partial charge in [0.15, 0.2) is 0 Å². The number of hydrogen-bond donors (Lipinski definition) is 3. The van der Waals surface area contributed by atoms with Crippen molar-refractivity contribution in [2.45, 2.75) is 19.3 Å². The van der Waals surface area contributed by atoms with E-state index in [0.717, 1.165) is 6.42 Å². The van der Waals surface area contributed by atoms with Crippen molar-refractivity contribution in [3.8, 4) is 0 Å². The van der Waals surface area contributed by atoms with E-state index in [1.54, 1.807) is 0 Å². The molecule has 0 radical (unpaired) electrons. The third kappa shape index (κ3) is 2.43. The fourth-order valence-corrected chi connectivity index (χ4v) is 3.48. The summed E-state index contributed by atoms with van der Waals surface area (Å²) < 4.78 is 0. The number of nitrogens with two attached hydrogens (primary N) is 1. The molecule has 0 saturated heterocycles. The van der Waals surface area contributed by atoms with Crippen LogP contribution in [0.4, 0.5) is 0 Å². The molecule has 2 heterocycles. The van der Waals surface area contributed by atoms with Crippen LogP contribution in [0.1, 0.15) is 22.6 Å². The third-order valence-electron chi connectivity index (χ3n) is 4.73. The predicted molar refractivity (Wildman–Crippen MR) is 96.8 cm³/mol. The van der Waals surface area contributed by atoms with Crippen molar-refractivity contribution in [1.82, 2.24) is 9.97 Å². The summed E-state index contributed by atoms with van der Waals surface area (Å²) in [5.41, 5.74) is 12.4. The van der Waals surface area contributed by atoms with Gasteiger partial charge in [0.2, 0.25) is 0 Å². The number of benzene rings is 2. The molecule has 0 aliphatic heterocycles. The lowest BCUT2D eigenvalue weighted by molar-refractivity contribution is 0.702. The van der Waals surface area contributed by atoms with E-state index in [-0.39, 0.29) is 0 Å². The molecule has 0 amide bonds. The number of hydrogen-bond acceptors (Lipinski definition) is 1. The van der Waals surface area contributed by atoms with Gasteiger partial charge < -0.3 is 15.7 Å². The number of H-pyrrole nitrogens is 2. The summed E-state index contributed by atoms with van der Waals surface area (Å²) in [5, 5.41) is 2.59. The molecule has 3 nitrogen and oxygen atoms in total. The summed E-state index contributed by atoms with van der Waals surface area (Å²) >= 11 is 0. The lowest BCUT2D eigenvalue weighted by atomic mass is 9.91. The Labute approximate surface area is 135 Å². The molecule has 1 unspecified atom stereocenters. The lowest BCUT2D eigenvalue weighted by Crippen LogP contribution is -2.14. The Morgan fingerprint density at radius 2 is 1.74 bits per heavy atom. The monoisotopic (exact) mass is 303 g/mol. The van der Waals surface area contributed by atoms with Crippen molar-refractivity contribution in [3.05, 3.63) is 71.5 Å². The van der Waals surface area contributed by atoms with E-state index in [0.29, 0.717) is 12.5 Å². The van der Waals surface area contributed by atoms with Crippen LogP contribution >= 0.6 is 0 Å². The van der Waals surface area contributed by atoms with E-state index in [1.165, 1.54) is 38.5 Å². The minimum absolute atomic E-state index is 0.310. The van der Waals surface area contributed by atoms with Crippen molar-refractivity contribution in [3.63, 3.8) is 0 Å². The molecule has 23 heavy (non-hydrogen) atoms. The SMILES string of the molecule is Cc1ccc2[nH]cc(C(CN)Cc3c[nH]c4ccccc34)c2c1. The summed E-state index contributed by atoms with van der Waals surface area (Å²) in [5.74, 6) is 0.310. The van der Waals surface area contributed by atoms with Crippen LogP contribution in [0.3, 0.4) is 0 Å². The fourth-order valence-electron chi connectivity index (χ4n) is 3.48. The van der Waals surface area contributed by atoms with Gasteiger partial charge in [-0.25, -0.2) is 0 Å². The van der Waals surface area contributed by atoms with Gasteiger partial charge in [-0.05, 0) is 49.2 Å². The van der Waals surface area contributed by atoms with E-state index < -0.39 is 0 Å². The van der Waals surface area contributed by atoms with Crippen LogP contribution < -0.4 is 5.73 Å². The lowest BCUT2D eigenvalue weighted by Gasteiger charge is -2.14. The Kier molecular flexibility index (Phi) is 3.43. The fraction of sp³-hybridized carbons (Fsp3) is 0.200. The van der Waals surface area contributed by atoms with Gasteiger partial charge in [-0.1, -0.05) is 29.8 Å². The second kappa shape index (κ2) is 5.60. The average Bonchev–Trinajstić information content (AvgIpc) is 3.16. The van der Waals surface area contributed by atoms with Crippen LogP contribution in [0.2, 0.25) is 0 Å². The van der Waals surface area contributed by atoms with Crippen LogP contribution in [-0.4, -0.2) is 16.5 Å². The first kappa shape index (κ1) is 14.1. The van der Waals surface area contributed by atoms with Crippen LogP contribution in [0.15, 0.2) is 54.9 Å². The highest BCUT2D eigenvalue weighted by molar-refractivity contribution is 5.85. The third-order valence-corrected chi connectivity index (χ3v) is 4.73. The molecule has 0 bridgehead atoms. The van der Waals surface area contributed by atoms with Gasteiger partial charge in [0.25, 0.3) is 0 Å². The Hall–Kier alpha value is -2.52. The maximum absolute atomic E-state index is 6.13. The highest BCUT2D eigenvalue weighted by Gasteiger charge is 2.17. The first-order valence-corrected chi connectivity index (χ1v) is 8.09. The van der Waals surface area contributed by atoms with E-state index in [1.807, 2.05) is 0 Å². The Morgan fingerprint density at radius 1 is 0.957 bits per heavy atom. The first-order valence-electron chi connectivity index (χ1n) is 8.09. The van der Waals surface area contributed by atoms with Crippen molar-refractivity contribution >= 4 is 21.8 Å². The van der Waals surface area contributed by atoms with Gasteiger partial charge in [-0.2, -0.15) is 0 Å². The second-order valence-corrected chi connectivity index (χ2v) is 6.29. The standard InChI is InChI=1S/C20H21N3/c1-13-6-7-20-17(8-13)18(12-23-20)14(10-21)9-15-11-22-19-5-3-2-4-16(15)19/h2-8,11-12,14,22-23H,9-10,21H2,1H3. The van der Waals surface area contributed by atoms with Crippen molar-refractivity contribution in [2.24, 2.45) is 5.73 Å². The van der Waals surface area contributed by atoms with Gasteiger partial charge >= 0.3 is 0 Å². The maximum atomic E-state index is 6.13. The summed E-state index contributed by atoms with van der Waals surface area (Å²) in [6, 6.07) is 15.0. The maximum Gasteiger partial charge on any atom is 0.0457 e. The number of para-hydroxylation sites is 1. The molecule has 0 spiro atoms. The number of aromatic nitrogens is 2. The molecule has 4 rings (SSSR count). The second-order valence-electron chi connectivity index (χ2n) is 6.29. The minimum Gasteiger partial charge on any atom is -0.361 e. The predicted octanol–water partition coefficient (Wildman–Crippen LogP) is 4.24. The highest BCUT2D eigenvalue weighted by Crippen LogP contribution is 2.30. The van der Waals surface area contributed by atoms with Gasteiger partial charge in [0, 0.05) is 40.1 Å². The van der Waals surface area contributed by atoms with Gasteiger partial charge in [-0.3, -0.25) is 0 Å². The van der Waals surface area contributed by atoms with Gasteiger partial charge in [-0.15, -0.1) is 0 Å². The smallest absolute Gasteiger partial charge is 0.0457 e. The number of aromatic amines is 2. The minimum atomic E-state index is 0.310. The van der Waals surface area contributed by atoms with Crippen LogP contribution in [0.5, 0.6) is 0 Å². The molecule has 0 aliphatic carbocycles. The van der Waals surface area contributed by atoms with Crippen LogP contribution in [-0.2, 0) is 6.42 Å². The zero-order chi connectivity index (χ0) is 15.8. The van der Waals surface area contributed by atoms with Crippen LogP contribution in [0.25, 0.3) is 21.8 Å². The van der Waals surface area contributed by atoms with E-state index >= 15 is 0 Å². The molecule has 2 aromatic carbocycles. The molecule has 0 aliphatic rings. The van der Waals surface area contributed by atoms with Gasteiger partial charge in [0.1, 0.15) is 0 Å². The molecular formula is C20H21N3. The number of rotatable bonds is 4. The molecule has 116 valence electrons. The Balaban J connectivity index is 1.74. The topological polar surface area (TPSA) is 57.6 Å². The molecule has 0 fully saturated rings. The van der Waals surface area contributed by atoms with E-state index in [9.17, 15) is 0 Å². The van der Waals surface area contributed by atoms with Crippen molar-refractivity contribution < 1.29 is 0 Å². The van der Waals surface area contributed by atoms with Crippen molar-refractivity contribution in [2.75, 3.05) is 6.54 Å². The molecule has 4 aromatic rings. The average molecular weight is 303 g/mol. The zero-order valence-electron chi connectivity index (χ0n) is 13.3. The summed E-state index contributed by atoms with van der Waals surface area (Å²) in [4.78, 5) is 6.74. The molecule has 3 heteroatoms. The van der Waals surface area contributed by atoms with E-state index in [2.05, 4.69) is 71.7 Å². The quantitative estimate of drug-likeness (QED) is 0.519. The Morgan fingerprint density at radius 3 is 2.61 bits per heavy atom. The largest absolute Gasteiger partial charge is 0.361 e. The van der Waals surface area contributed by atoms with Gasteiger partial charge in [0.05, 0.1) is 0 Å². The van der Waals surface area contributed by atoms with Crippen molar-refractivity contribution in [1.29, 1.82) is 0 Å². The zero-order valence-corrected chi connectivity index (χ0v) is 13.3. The summed E-state index contributed by atoms with van der Waals surface area (Å²) in [6.45, 7) is 2.77. The summed E-state index contributed by atoms with van der Waals surface area (Å²) in [7, 11) is 0. The highest BCUT2D eigenvalue weighted by atomic mass is 14.7. The Bertz CT molecular complexity index is 961. The van der Waals surface area contributed by atoms with E-state index in [4.69, 9.17) is 5.73 Å². The molecular weight excluding hydrogens is 282 g/mol. The number of nitrogens with one attached hydrogen (secondary N) is 2. The molecule has 4 N–H and O–H groups in total. The first-order chi connectivity index (χ1) is 11.3. The normalized spacial score (nSPS) is 13.0. The number of aryl methyl sites for hydroxylation is 1. The van der Waals surface area contributed by atoms with Crippen LogP contribution in [0, 0.1) is 6.92 Å².